The highest BCUT2D eigenvalue weighted by Crippen LogP contribution is 2.64. The lowest BCUT2D eigenvalue weighted by Crippen LogP contribution is -2.50. The van der Waals surface area contributed by atoms with Gasteiger partial charge in [-0.1, -0.05) is 31.6 Å². The van der Waals surface area contributed by atoms with Crippen molar-refractivity contribution in [1.82, 2.24) is 0 Å². The van der Waals surface area contributed by atoms with Crippen LogP contribution in [0.15, 0.2) is 24.3 Å². The van der Waals surface area contributed by atoms with Crippen LogP contribution in [0.4, 0.5) is 0 Å². The largest absolute Gasteiger partial charge is 0.299 e. The molecule has 0 bridgehead atoms. The van der Waals surface area contributed by atoms with E-state index >= 15 is 0 Å². The van der Waals surface area contributed by atoms with E-state index < -0.39 is 0 Å². The number of rotatable bonds is 2. The summed E-state index contributed by atoms with van der Waals surface area (Å²) in [5, 5.41) is 0. The van der Waals surface area contributed by atoms with Crippen molar-refractivity contribution in [3.63, 3.8) is 0 Å². The van der Waals surface area contributed by atoms with Crippen LogP contribution < -0.4 is 0 Å². The molecule has 0 radical (unpaired) electrons. The standard InChI is InChI=1S/C22H32O/c1-4-5-15-10-12-21(2)16(14-15)6-7-17-18-8-9-20(23)22(18,3)13-11-19(17)21/h4,6,15,17-19H,1,5,7-14H2,2-3H3/t15?,17-,18-,19+,21-,22-/m0/s1. The third-order valence-corrected chi connectivity index (χ3v) is 8.41. The number of hydrogen-bond acceptors (Lipinski definition) is 1. The molecule has 1 heteroatoms. The SMILES string of the molecule is C=CCC1CC[C@@]2(C)C(=CC[C@@H]3[C@H]2CC[C@]2(C)C(=O)CC[C@@H]32)C1. The van der Waals surface area contributed by atoms with Crippen LogP contribution in [-0.4, -0.2) is 5.78 Å². The first-order valence-corrected chi connectivity index (χ1v) is 9.83. The summed E-state index contributed by atoms with van der Waals surface area (Å²) < 4.78 is 0. The van der Waals surface area contributed by atoms with E-state index in [0.717, 1.165) is 37.0 Å². The van der Waals surface area contributed by atoms with Gasteiger partial charge in [-0.25, -0.2) is 0 Å². The highest BCUT2D eigenvalue weighted by molar-refractivity contribution is 5.87. The van der Waals surface area contributed by atoms with Crippen LogP contribution in [-0.2, 0) is 4.79 Å². The first-order chi connectivity index (χ1) is 11.0. The Morgan fingerprint density at radius 1 is 1.17 bits per heavy atom. The maximum Gasteiger partial charge on any atom is 0.139 e. The number of fused-ring (bicyclic) bond motifs is 5. The zero-order valence-corrected chi connectivity index (χ0v) is 14.9. The number of carbonyl (C=O) groups excluding carboxylic acids is 1. The molecule has 0 aromatic heterocycles. The van der Waals surface area contributed by atoms with Gasteiger partial charge in [0.15, 0.2) is 0 Å². The lowest BCUT2D eigenvalue weighted by molar-refractivity contribution is -0.131. The lowest BCUT2D eigenvalue weighted by atomic mass is 9.47. The molecule has 4 rings (SSSR count). The molecule has 0 N–H and O–H groups in total. The van der Waals surface area contributed by atoms with Crippen LogP contribution in [0.2, 0.25) is 0 Å². The van der Waals surface area contributed by atoms with E-state index in [0.29, 0.717) is 17.1 Å². The number of ketones is 1. The predicted octanol–water partition coefficient (Wildman–Crippen LogP) is 5.71. The molecule has 126 valence electrons. The molecular formula is C22H32O. The summed E-state index contributed by atoms with van der Waals surface area (Å²) in [5.74, 6) is 3.65. The van der Waals surface area contributed by atoms with Gasteiger partial charge in [-0.3, -0.25) is 4.79 Å². The van der Waals surface area contributed by atoms with E-state index in [2.05, 4.69) is 32.6 Å². The molecule has 0 heterocycles. The van der Waals surface area contributed by atoms with Crippen LogP contribution >= 0.6 is 0 Å². The smallest absolute Gasteiger partial charge is 0.139 e. The third-order valence-electron chi connectivity index (χ3n) is 8.41. The summed E-state index contributed by atoms with van der Waals surface area (Å²) >= 11 is 0. The summed E-state index contributed by atoms with van der Waals surface area (Å²) in [4.78, 5) is 12.5. The van der Waals surface area contributed by atoms with Crippen molar-refractivity contribution in [2.75, 3.05) is 0 Å². The molecule has 4 aliphatic rings. The van der Waals surface area contributed by atoms with Gasteiger partial charge in [0.05, 0.1) is 0 Å². The van der Waals surface area contributed by atoms with Gasteiger partial charge >= 0.3 is 0 Å². The zero-order chi connectivity index (χ0) is 16.2. The van der Waals surface area contributed by atoms with Crippen molar-refractivity contribution in [2.45, 2.75) is 71.6 Å². The van der Waals surface area contributed by atoms with Crippen LogP contribution in [0.25, 0.3) is 0 Å². The van der Waals surface area contributed by atoms with Crippen molar-refractivity contribution >= 4 is 5.78 Å². The molecule has 1 unspecified atom stereocenters. The molecule has 3 fully saturated rings. The van der Waals surface area contributed by atoms with Gasteiger partial charge in [-0.05, 0) is 80.5 Å². The van der Waals surface area contributed by atoms with Gasteiger partial charge in [0.25, 0.3) is 0 Å². The average Bonchev–Trinajstić information content (AvgIpc) is 2.84. The molecule has 0 amide bonds. The molecule has 3 saturated carbocycles. The minimum atomic E-state index is 0.0168. The van der Waals surface area contributed by atoms with E-state index in [1.165, 1.54) is 38.5 Å². The van der Waals surface area contributed by atoms with Crippen LogP contribution in [0.3, 0.4) is 0 Å². The highest BCUT2D eigenvalue weighted by Gasteiger charge is 2.58. The van der Waals surface area contributed by atoms with E-state index in [4.69, 9.17) is 0 Å². The van der Waals surface area contributed by atoms with Gasteiger partial charge in [-0.2, -0.15) is 0 Å². The zero-order valence-electron chi connectivity index (χ0n) is 14.9. The number of allylic oxidation sites excluding steroid dienone is 3. The van der Waals surface area contributed by atoms with Crippen molar-refractivity contribution in [2.24, 2.45) is 34.5 Å². The minimum absolute atomic E-state index is 0.0168. The first kappa shape index (κ1) is 15.7. The quantitative estimate of drug-likeness (QED) is 0.597. The van der Waals surface area contributed by atoms with Gasteiger partial charge in [0.1, 0.15) is 5.78 Å². The molecule has 0 saturated heterocycles. The van der Waals surface area contributed by atoms with Gasteiger partial charge in [-0.15, -0.1) is 6.58 Å². The number of Topliss-reactive ketones (excluding diaryl/α,β-unsaturated/α-hetero) is 1. The number of carbonyl (C=O) groups is 1. The van der Waals surface area contributed by atoms with Gasteiger partial charge in [0, 0.05) is 11.8 Å². The average molecular weight is 312 g/mol. The van der Waals surface area contributed by atoms with Crippen LogP contribution in [0.5, 0.6) is 0 Å². The Morgan fingerprint density at radius 3 is 2.70 bits per heavy atom. The van der Waals surface area contributed by atoms with Crippen molar-refractivity contribution in [3.05, 3.63) is 24.3 Å². The molecule has 6 atom stereocenters. The Labute approximate surface area is 141 Å². The van der Waals surface area contributed by atoms with E-state index in [1.54, 1.807) is 5.57 Å². The summed E-state index contributed by atoms with van der Waals surface area (Å²) in [5.41, 5.74) is 2.20. The summed E-state index contributed by atoms with van der Waals surface area (Å²) in [6.07, 6.45) is 15.6. The normalized spacial score (nSPS) is 49.0. The third kappa shape index (κ3) is 2.14. The summed E-state index contributed by atoms with van der Waals surface area (Å²) in [6, 6.07) is 0. The monoisotopic (exact) mass is 312 g/mol. The second kappa shape index (κ2) is 5.33. The maximum atomic E-state index is 12.5. The van der Waals surface area contributed by atoms with E-state index in [-0.39, 0.29) is 5.41 Å². The molecule has 4 aliphatic carbocycles. The summed E-state index contributed by atoms with van der Waals surface area (Å²) in [6.45, 7) is 8.78. The van der Waals surface area contributed by atoms with Crippen molar-refractivity contribution < 1.29 is 4.79 Å². The fourth-order valence-electron chi connectivity index (χ4n) is 6.94. The Balaban J connectivity index is 1.63. The molecule has 0 aliphatic heterocycles. The van der Waals surface area contributed by atoms with E-state index in [9.17, 15) is 4.79 Å². The molecule has 1 nitrogen and oxygen atoms in total. The van der Waals surface area contributed by atoms with Crippen LogP contribution in [0.1, 0.15) is 71.6 Å². The highest BCUT2D eigenvalue weighted by atomic mass is 16.1. The van der Waals surface area contributed by atoms with E-state index in [1.807, 2.05) is 0 Å². The maximum absolute atomic E-state index is 12.5. The Hall–Kier alpha value is -0.850. The Kier molecular flexibility index (Phi) is 3.63. The molecular weight excluding hydrogens is 280 g/mol. The van der Waals surface area contributed by atoms with Crippen LogP contribution in [0, 0.1) is 34.5 Å². The fourth-order valence-corrected chi connectivity index (χ4v) is 6.94. The fraction of sp³-hybridized carbons (Fsp3) is 0.773. The second-order valence-corrected chi connectivity index (χ2v) is 9.31. The Bertz CT molecular complexity index is 558. The molecule has 0 aromatic rings. The lowest BCUT2D eigenvalue weighted by Gasteiger charge is -2.57. The molecule has 23 heavy (non-hydrogen) atoms. The topological polar surface area (TPSA) is 17.1 Å². The Morgan fingerprint density at radius 2 is 1.91 bits per heavy atom. The summed E-state index contributed by atoms with van der Waals surface area (Å²) in [7, 11) is 0. The second-order valence-electron chi connectivity index (χ2n) is 9.31. The molecule has 0 spiro atoms. The van der Waals surface area contributed by atoms with Gasteiger partial charge < -0.3 is 0 Å². The molecule has 0 aromatic carbocycles. The predicted molar refractivity (Wildman–Crippen MR) is 95.0 cm³/mol. The first-order valence-electron chi connectivity index (χ1n) is 9.83. The van der Waals surface area contributed by atoms with Gasteiger partial charge in [0.2, 0.25) is 0 Å². The van der Waals surface area contributed by atoms with Crippen molar-refractivity contribution in [3.8, 4) is 0 Å². The van der Waals surface area contributed by atoms with Crippen molar-refractivity contribution in [1.29, 1.82) is 0 Å². The number of hydrogen-bond donors (Lipinski definition) is 0. The minimum Gasteiger partial charge on any atom is -0.299 e.